The molecule has 1 saturated heterocycles. The van der Waals surface area contributed by atoms with Gasteiger partial charge in [-0.3, -0.25) is 15.0 Å². The lowest BCUT2D eigenvalue weighted by Crippen LogP contribution is -2.46. The number of hydrogen-bond acceptors (Lipinski definition) is 7. The van der Waals surface area contributed by atoms with E-state index in [9.17, 15) is 15.2 Å². The number of fused-ring (bicyclic) bond motifs is 1. The number of rotatable bonds is 4. The van der Waals surface area contributed by atoms with Gasteiger partial charge in [0.15, 0.2) is 6.79 Å². The molecule has 4 rings (SSSR count). The average molecular weight is 371 g/mol. The molecule has 27 heavy (non-hydrogen) atoms. The van der Waals surface area contributed by atoms with Crippen LogP contribution in [0.1, 0.15) is 11.1 Å². The van der Waals surface area contributed by atoms with Crippen LogP contribution in [0.2, 0.25) is 0 Å². The van der Waals surface area contributed by atoms with E-state index < -0.39 is 0 Å². The SMILES string of the molecule is O=[N+]([O-])c1cc2c(c(CN3CCN(c4ccc(O)cc4)CC3)c1)OCOC2. The van der Waals surface area contributed by atoms with Crippen LogP contribution in [-0.2, 0) is 17.9 Å². The number of non-ortho nitro benzene ring substituents is 1. The molecule has 1 fully saturated rings. The van der Waals surface area contributed by atoms with Crippen LogP contribution in [0, 0.1) is 10.1 Å². The van der Waals surface area contributed by atoms with Gasteiger partial charge >= 0.3 is 0 Å². The fraction of sp³-hybridized carbons (Fsp3) is 0.368. The number of aromatic hydroxyl groups is 1. The van der Waals surface area contributed by atoms with E-state index in [1.54, 1.807) is 18.2 Å². The van der Waals surface area contributed by atoms with Gasteiger partial charge in [-0.25, -0.2) is 0 Å². The van der Waals surface area contributed by atoms with Crippen molar-refractivity contribution >= 4 is 11.4 Å². The van der Waals surface area contributed by atoms with Crippen molar-refractivity contribution in [1.82, 2.24) is 4.90 Å². The van der Waals surface area contributed by atoms with Crippen LogP contribution in [0.4, 0.5) is 11.4 Å². The summed E-state index contributed by atoms with van der Waals surface area (Å²) in [5.74, 6) is 0.977. The Bertz CT molecular complexity index is 832. The predicted octanol–water partition coefficient (Wildman–Crippen LogP) is 2.49. The van der Waals surface area contributed by atoms with Crippen molar-refractivity contribution in [3.05, 3.63) is 57.6 Å². The second kappa shape index (κ2) is 7.42. The van der Waals surface area contributed by atoms with Crippen LogP contribution < -0.4 is 9.64 Å². The molecule has 0 radical (unpaired) electrons. The summed E-state index contributed by atoms with van der Waals surface area (Å²) in [6.07, 6.45) is 0. The number of nitro benzene ring substituents is 1. The molecule has 0 aliphatic carbocycles. The van der Waals surface area contributed by atoms with Gasteiger partial charge in [0.25, 0.3) is 5.69 Å². The van der Waals surface area contributed by atoms with Crippen molar-refractivity contribution in [3.8, 4) is 11.5 Å². The Kier molecular flexibility index (Phi) is 4.83. The van der Waals surface area contributed by atoms with Gasteiger partial charge < -0.3 is 19.5 Å². The van der Waals surface area contributed by atoms with E-state index in [2.05, 4.69) is 9.80 Å². The first-order chi connectivity index (χ1) is 13.1. The molecule has 2 aromatic carbocycles. The van der Waals surface area contributed by atoms with Crippen molar-refractivity contribution in [1.29, 1.82) is 0 Å². The number of nitrogens with zero attached hydrogens (tertiary/aromatic N) is 3. The molecule has 0 amide bonds. The molecule has 0 aromatic heterocycles. The van der Waals surface area contributed by atoms with Gasteiger partial charge in [0.2, 0.25) is 0 Å². The summed E-state index contributed by atoms with van der Waals surface area (Å²) >= 11 is 0. The molecular formula is C19H21N3O5. The summed E-state index contributed by atoms with van der Waals surface area (Å²) in [5.41, 5.74) is 2.72. The normalized spacial score (nSPS) is 17.3. The number of benzene rings is 2. The Labute approximate surface area is 156 Å². The molecule has 0 spiro atoms. The minimum atomic E-state index is -0.374. The molecule has 2 heterocycles. The van der Waals surface area contributed by atoms with Gasteiger partial charge in [-0.15, -0.1) is 0 Å². The van der Waals surface area contributed by atoms with Crippen molar-refractivity contribution in [2.45, 2.75) is 13.2 Å². The zero-order valence-corrected chi connectivity index (χ0v) is 14.8. The van der Waals surface area contributed by atoms with Crippen LogP contribution in [0.25, 0.3) is 0 Å². The van der Waals surface area contributed by atoms with Crippen LogP contribution in [-0.4, -0.2) is 47.9 Å². The van der Waals surface area contributed by atoms with Gasteiger partial charge in [0.05, 0.1) is 11.5 Å². The van der Waals surface area contributed by atoms with E-state index in [0.29, 0.717) is 18.9 Å². The summed E-state index contributed by atoms with van der Waals surface area (Å²) in [7, 11) is 0. The average Bonchev–Trinajstić information content (AvgIpc) is 2.69. The van der Waals surface area contributed by atoms with Gasteiger partial charge in [0.1, 0.15) is 11.5 Å². The fourth-order valence-electron chi connectivity index (χ4n) is 3.57. The highest BCUT2D eigenvalue weighted by Crippen LogP contribution is 2.33. The van der Waals surface area contributed by atoms with E-state index >= 15 is 0 Å². The first-order valence-electron chi connectivity index (χ1n) is 8.87. The van der Waals surface area contributed by atoms with Gasteiger partial charge in [-0.1, -0.05) is 0 Å². The molecule has 2 aromatic rings. The summed E-state index contributed by atoms with van der Waals surface area (Å²) in [4.78, 5) is 15.4. The molecule has 0 saturated carbocycles. The molecule has 0 bridgehead atoms. The third-order valence-electron chi connectivity index (χ3n) is 4.96. The van der Waals surface area contributed by atoms with E-state index in [4.69, 9.17) is 9.47 Å². The molecule has 8 nitrogen and oxygen atoms in total. The standard InChI is InChI=1S/C19H21N3O5/c23-18-3-1-16(2-4-18)21-7-5-20(6-8-21)11-14-9-17(22(24)25)10-15-12-26-13-27-19(14)15/h1-4,9-10,23H,5-8,11-13H2. The van der Waals surface area contributed by atoms with E-state index in [1.165, 1.54) is 6.07 Å². The Morgan fingerprint density at radius 2 is 1.85 bits per heavy atom. The fourth-order valence-corrected chi connectivity index (χ4v) is 3.57. The quantitative estimate of drug-likeness (QED) is 0.652. The van der Waals surface area contributed by atoms with Crippen LogP contribution in [0.5, 0.6) is 11.5 Å². The third-order valence-corrected chi connectivity index (χ3v) is 4.96. The number of piperazine rings is 1. The maximum absolute atomic E-state index is 11.2. The first kappa shape index (κ1) is 17.6. The highest BCUT2D eigenvalue weighted by Gasteiger charge is 2.24. The molecular weight excluding hydrogens is 350 g/mol. The molecule has 142 valence electrons. The highest BCUT2D eigenvalue weighted by molar-refractivity contribution is 5.51. The van der Waals surface area contributed by atoms with Gasteiger partial charge in [-0.05, 0) is 24.3 Å². The van der Waals surface area contributed by atoms with E-state index in [-0.39, 0.29) is 23.2 Å². The first-order valence-corrected chi connectivity index (χ1v) is 8.87. The van der Waals surface area contributed by atoms with Gasteiger partial charge in [-0.2, -0.15) is 0 Å². The topological polar surface area (TPSA) is 88.3 Å². The lowest BCUT2D eigenvalue weighted by molar-refractivity contribution is -0.385. The lowest BCUT2D eigenvalue weighted by atomic mass is 10.1. The van der Waals surface area contributed by atoms with Crippen molar-refractivity contribution in [2.24, 2.45) is 0 Å². The number of phenolic OH excluding ortho intramolecular Hbond substituents is 1. The van der Waals surface area contributed by atoms with Gasteiger partial charge in [0, 0.05) is 61.7 Å². The van der Waals surface area contributed by atoms with Crippen molar-refractivity contribution < 1.29 is 19.5 Å². The minimum Gasteiger partial charge on any atom is -0.508 e. The largest absolute Gasteiger partial charge is 0.508 e. The Morgan fingerprint density at radius 1 is 1.11 bits per heavy atom. The zero-order chi connectivity index (χ0) is 18.8. The lowest BCUT2D eigenvalue weighted by Gasteiger charge is -2.36. The van der Waals surface area contributed by atoms with E-state index in [1.807, 2.05) is 12.1 Å². The molecule has 0 atom stereocenters. The summed E-state index contributed by atoms with van der Waals surface area (Å²) in [6.45, 7) is 4.50. The predicted molar refractivity (Wildman–Crippen MR) is 99.0 cm³/mol. The number of phenols is 1. The number of ether oxygens (including phenoxy) is 2. The smallest absolute Gasteiger partial charge is 0.270 e. The molecule has 8 heteroatoms. The highest BCUT2D eigenvalue weighted by atomic mass is 16.7. The number of hydrogen-bond donors (Lipinski definition) is 1. The minimum absolute atomic E-state index is 0.0700. The number of anilines is 1. The summed E-state index contributed by atoms with van der Waals surface area (Å²) in [5, 5.41) is 20.7. The zero-order valence-electron chi connectivity index (χ0n) is 14.8. The van der Waals surface area contributed by atoms with Crippen LogP contribution >= 0.6 is 0 Å². The Balaban J connectivity index is 1.46. The van der Waals surface area contributed by atoms with Crippen molar-refractivity contribution in [3.63, 3.8) is 0 Å². The molecule has 2 aliphatic heterocycles. The molecule has 1 N–H and O–H groups in total. The monoisotopic (exact) mass is 371 g/mol. The van der Waals surface area contributed by atoms with Crippen LogP contribution in [0.15, 0.2) is 36.4 Å². The Hall–Kier alpha value is -2.84. The summed E-state index contributed by atoms with van der Waals surface area (Å²) in [6, 6.07) is 10.3. The second-order valence-electron chi connectivity index (χ2n) is 6.74. The van der Waals surface area contributed by atoms with E-state index in [0.717, 1.165) is 43.0 Å². The third kappa shape index (κ3) is 3.81. The maximum Gasteiger partial charge on any atom is 0.270 e. The molecule has 2 aliphatic rings. The molecule has 0 unspecified atom stereocenters. The van der Waals surface area contributed by atoms with Crippen molar-refractivity contribution in [2.75, 3.05) is 37.9 Å². The van der Waals surface area contributed by atoms with Crippen LogP contribution in [0.3, 0.4) is 0 Å². The Morgan fingerprint density at radius 3 is 2.56 bits per heavy atom. The second-order valence-corrected chi connectivity index (χ2v) is 6.74. The maximum atomic E-state index is 11.2. The summed E-state index contributed by atoms with van der Waals surface area (Å²) < 4.78 is 10.9. The number of nitro groups is 1.